The summed E-state index contributed by atoms with van der Waals surface area (Å²) in [7, 11) is -1.80. The van der Waals surface area contributed by atoms with Crippen molar-refractivity contribution in [3.63, 3.8) is 0 Å². The Morgan fingerprint density at radius 3 is 1.82 bits per heavy atom. The van der Waals surface area contributed by atoms with Crippen molar-refractivity contribution in [2.24, 2.45) is 0 Å². The summed E-state index contributed by atoms with van der Waals surface area (Å²) in [6, 6.07) is 22.3. The summed E-state index contributed by atoms with van der Waals surface area (Å²) in [5.74, 6) is 0.798. The first-order valence-corrected chi connectivity index (χ1v) is 14.2. The summed E-state index contributed by atoms with van der Waals surface area (Å²) in [4.78, 5) is 13.0. The quantitative estimate of drug-likeness (QED) is 0.226. The molecule has 0 spiro atoms. The molecule has 0 aliphatic carbocycles. The molecule has 0 unspecified atom stereocenters. The summed E-state index contributed by atoms with van der Waals surface area (Å²) in [5.41, 5.74) is 2.69. The van der Waals surface area contributed by atoms with Crippen LogP contribution in [-0.4, -0.2) is 55.7 Å². The van der Waals surface area contributed by atoms with Crippen LogP contribution in [0.15, 0.2) is 77.7 Å². The number of hydrogen-bond donors (Lipinski definition) is 1. The second kappa shape index (κ2) is 12.1. The summed E-state index contributed by atoms with van der Waals surface area (Å²) in [5, 5.41) is 0. The van der Waals surface area contributed by atoms with Crippen LogP contribution < -0.4 is 4.74 Å². The minimum atomic E-state index is -4.02. The number of fused-ring (bicyclic) bond motifs is 2. The van der Waals surface area contributed by atoms with Gasteiger partial charge in [0.15, 0.2) is 0 Å². The van der Waals surface area contributed by atoms with Crippen molar-refractivity contribution in [3.8, 4) is 11.5 Å². The van der Waals surface area contributed by atoms with Gasteiger partial charge < -0.3 is 14.0 Å². The Kier molecular flexibility index (Phi) is 9.35. The fraction of sp³-hybridized carbons (Fsp3) is 0.367. The molecule has 3 aromatic rings. The van der Waals surface area contributed by atoms with E-state index in [2.05, 4.69) is 34.7 Å². The molecule has 0 aromatic heterocycles. The number of quaternary nitrogens is 1. The predicted octanol–water partition coefficient (Wildman–Crippen LogP) is 5.97. The summed E-state index contributed by atoms with van der Waals surface area (Å²) in [6.07, 6.45) is 0. The zero-order valence-electron chi connectivity index (χ0n) is 22.9. The van der Waals surface area contributed by atoms with Crippen molar-refractivity contribution in [3.05, 3.63) is 89.5 Å². The van der Waals surface area contributed by atoms with Gasteiger partial charge in [0.1, 0.15) is 30.6 Å². The van der Waals surface area contributed by atoms with Gasteiger partial charge in [-0.3, -0.25) is 9.35 Å². The molecule has 0 saturated heterocycles. The molecule has 8 heteroatoms. The molecule has 0 atom stereocenters. The Morgan fingerprint density at radius 2 is 1.37 bits per heavy atom. The topological polar surface area (TPSA) is 89.9 Å². The number of likely N-dealkylation sites (N-methyl/N-ethyl adjacent to an activating group) is 1. The summed E-state index contributed by atoms with van der Waals surface area (Å²) >= 11 is 0. The van der Waals surface area contributed by atoms with Crippen molar-refractivity contribution in [2.45, 2.75) is 57.5 Å². The van der Waals surface area contributed by atoms with Crippen LogP contribution >= 0.6 is 0 Å². The number of carbonyl (C=O) groups excluding carboxylic acids is 1. The van der Waals surface area contributed by atoms with Crippen LogP contribution in [-0.2, 0) is 19.6 Å². The SMILES string of the molecule is CC(C)[N+](C)(CCOC(=O)C1c2ccccc2Oc2ccccc21)C(C)C.Cc1ccc(S(=O)(=O)O)cc1. The number of benzene rings is 3. The molecule has 1 aliphatic heterocycles. The molecule has 1 N–H and O–H groups in total. The molecule has 1 heterocycles. The number of nitrogens with zero attached hydrogens (tertiary/aromatic N) is 1. The fourth-order valence-corrected chi connectivity index (χ4v) is 4.89. The number of para-hydroxylation sites is 2. The molecule has 0 amide bonds. The molecule has 0 bridgehead atoms. The summed E-state index contributed by atoms with van der Waals surface area (Å²) in [6.45, 7) is 11.9. The highest BCUT2D eigenvalue weighted by Crippen LogP contribution is 2.44. The van der Waals surface area contributed by atoms with Crippen LogP contribution in [0.2, 0.25) is 0 Å². The highest BCUT2D eigenvalue weighted by molar-refractivity contribution is 7.85. The van der Waals surface area contributed by atoms with Crippen molar-refractivity contribution in [2.75, 3.05) is 20.2 Å². The van der Waals surface area contributed by atoms with E-state index in [1.807, 2.05) is 55.5 Å². The average Bonchev–Trinajstić information content (AvgIpc) is 2.86. The van der Waals surface area contributed by atoms with E-state index >= 15 is 0 Å². The molecule has 0 fully saturated rings. The number of aryl methyl sites for hydroxylation is 1. The maximum Gasteiger partial charge on any atom is 0.318 e. The standard InChI is InChI=1S/C23H30NO3.C7H8O3S/c1-16(2)24(5,17(3)4)14-15-26-23(25)22-18-10-6-8-12-20(18)27-21-13-9-7-11-19(21)22;1-6-2-4-7(5-3-6)11(8,9)10/h6-13,16-17,22H,14-15H2,1-5H3;2-5H,1H3,(H,8,9,10)/q+1;. The maximum atomic E-state index is 13.1. The average molecular weight is 541 g/mol. The predicted molar refractivity (Wildman–Crippen MR) is 148 cm³/mol. The largest absolute Gasteiger partial charge is 0.459 e. The van der Waals surface area contributed by atoms with Gasteiger partial charge in [0.2, 0.25) is 0 Å². The lowest BCUT2D eigenvalue weighted by molar-refractivity contribution is -0.949. The van der Waals surface area contributed by atoms with E-state index in [4.69, 9.17) is 14.0 Å². The summed E-state index contributed by atoms with van der Waals surface area (Å²) < 4.78 is 42.2. The van der Waals surface area contributed by atoms with E-state index in [0.29, 0.717) is 18.7 Å². The molecule has 4 rings (SSSR count). The second-order valence-corrected chi connectivity index (χ2v) is 11.7. The molecular weight excluding hydrogens is 502 g/mol. The minimum absolute atomic E-state index is 0.0666. The van der Waals surface area contributed by atoms with Gasteiger partial charge in [0.05, 0.1) is 24.0 Å². The van der Waals surface area contributed by atoms with Gasteiger partial charge in [-0.25, -0.2) is 0 Å². The van der Waals surface area contributed by atoms with Crippen molar-refractivity contribution in [1.82, 2.24) is 0 Å². The van der Waals surface area contributed by atoms with Crippen molar-refractivity contribution >= 4 is 16.1 Å². The van der Waals surface area contributed by atoms with Crippen LogP contribution in [0.4, 0.5) is 0 Å². The van der Waals surface area contributed by atoms with Gasteiger partial charge in [-0.1, -0.05) is 54.1 Å². The Hall–Kier alpha value is -3.20. The lowest BCUT2D eigenvalue weighted by Crippen LogP contribution is -2.56. The van der Waals surface area contributed by atoms with Gasteiger partial charge in [0.25, 0.3) is 10.1 Å². The number of esters is 1. The monoisotopic (exact) mass is 540 g/mol. The van der Waals surface area contributed by atoms with Crippen molar-refractivity contribution < 1.29 is 31.7 Å². The number of rotatable bonds is 7. The molecule has 204 valence electrons. The Labute approximate surface area is 226 Å². The Balaban J connectivity index is 0.000000304. The van der Waals surface area contributed by atoms with E-state index in [1.165, 1.54) is 12.1 Å². The number of hydrogen-bond acceptors (Lipinski definition) is 5. The molecular formula is C30H38NO6S+. The third-order valence-electron chi connectivity index (χ3n) is 7.41. The van der Waals surface area contributed by atoms with Crippen LogP contribution in [0.5, 0.6) is 11.5 Å². The van der Waals surface area contributed by atoms with E-state index in [1.54, 1.807) is 12.1 Å². The zero-order valence-corrected chi connectivity index (χ0v) is 23.7. The van der Waals surface area contributed by atoms with Gasteiger partial charge in [-0.2, -0.15) is 8.42 Å². The molecule has 38 heavy (non-hydrogen) atoms. The van der Waals surface area contributed by atoms with E-state index in [-0.39, 0.29) is 10.9 Å². The smallest absolute Gasteiger partial charge is 0.318 e. The zero-order chi connectivity index (χ0) is 28.1. The normalized spacial score (nSPS) is 13.2. The van der Waals surface area contributed by atoms with Gasteiger partial charge in [0, 0.05) is 11.1 Å². The molecule has 0 radical (unpaired) electrons. The highest BCUT2D eigenvalue weighted by atomic mass is 32.2. The molecule has 1 aliphatic rings. The van der Waals surface area contributed by atoms with Crippen LogP contribution in [0.1, 0.15) is 50.3 Å². The number of ether oxygens (including phenoxy) is 2. The Bertz CT molecular complexity index is 1300. The first kappa shape index (κ1) is 29.4. The van der Waals surface area contributed by atoms with Gasteiger partial charge >= 0.3 is 5.97 Å². The van der Waals surface area contributed by atoms with Crippen LogP contribution in [0, 0.1) is 6.92 Å². The van der Waals surface area contributed by atoms with Gasteiger partial charge in [-0.15, -0.1) is 0 Å². The first-order valence-electron chi connectivity index (χ1n) is 12.8. The van der Waals surface area contributed by atoms with E-state index < -0.39 is 16.0 Å². The Morgan fingerprint density at radius 1 is 0.895 bits per heavy atom. The second-order valence-electron chi connectivity index (χ2n) is 10.3. The fourth-order valence-electron chi connectivity index (χ4n) is 4.41. The lowest BCUT2D eigenvalue weighted by Gasteiger charge is -2.42. The number of carbonyl (C=O) groups is 1. The first-order chi connectivity index (χ1) is 17.8. The minimum Gasteiger partial charge on any atom is -0.459 e. The van der Waals surface area contributed by atoms with E-state index in [9.17, 15) is 13.2 Å². The van der Waals surface area contributed by atoms with Crippen LogP contribution in [0.25, 0.3) is 0 Å². The highest BCUT2D eigenvalue weighted by Gasteiger charge is 2.35. The molecule has 3 aromatic carbocycles. The van der Waals surface area contributed by atoms with Crippen LogP contribution in [0.3, 0.4) is 0 Å². The van der Waals surface area contributed by atoms with Gasteiger partial charge in [-0.05, 0) is 58.9 Å². The van der Waals surface area contributed by atoms with E-state index in [0.717, 1.165) is 39.2 Å². The molecule has 7 nitrogen and oxygen atoms in total. The maximum absolute atomic E-state index is 13.1. The third-order valence-corrected chi connectivity index (χ3v) is 8.28. The lowest BCUT2D eigenvalue weighted by atomic mass is 9.88. The molecule has 0 saturated carbocycles. The third kappa shape index (κ3) is 6.81. The van der Waals surface area contributed by atoms with Crippen molar-refractivity contribution in [1.29, 1.82) is 0 Å².